The highest BCUT2D eigenvalue weighted by molar-refractivity contribution is 6.13. The van der Waals surface area contributed by atoms with Crippen LogP contribution in [0.4, 0.5) is 5.69 Å². The average Bonchev–Trinajstić information content (AvgIpc) is 2.53. The van der Waals surface area contributed by atoms with E-state index in [-0.39, 0.29) is 11.7 Å². The number of anilines is 1. The largest absolute Gasteiger partial charge is 0.409 e. The highest BCUT2D eigenvalue weighted by Gasteiger charge is 2.36. The molecule has 2 aromatic carbocycles. The molecule has 5 nitrogen and oxygen atoms in total. The molecule has 0 heterocycles. The summed E-state index contributed by atoms with van der Waals surface area (Å²) >= 11 is 0. The minimum Gasteiger partial charge on any atom is -0.409 e. The minimum atomic E-state index is -1.05. The summed E-state index contributed by atoms with van der Waals surface area (Å²) in [6.07, 6.45) is 0.430. The molecular formula is C16H19N3O2. The maximum atomic E-state index is 12.5. The lowest BCUT2D eigenvalue weighted by Gasteiger charge is -2.25. The number of amidine groups is 1. The number of oxime groups is 1. The molecule has 0 saturated carbocycles. The Balaban J connectivity index is 2.38. The summed E-state index contributed by atoms with van der Waals surface area (Å²) in [5, 5.41) is 16.7. The number of carbonyl (C=O) groups excluding carboxylic acids is 1. The zero-order chi connectivity index (χ0) is 15.5. The first-order chi connectivity index (χ1) is 10.0. The summed E-state index contributed by atoms with van der Waals surface area (Å²) in [5.41, 5.74) is 5.33. The van der Waals surface area contributed by atoms with E-state index < -0.39 is 5.41 Å². The second-order valence-electron chi connectivity index (χ2n) is 5.15. The Morgan fingerprint density at radius 2 is 1.95 bits per heavy atom. The van der Waals surface area contributed by atoms with Gasteiger partial charge in [0.2, 0.25) is 5.91 Å². The van der Waals surface area contributed by atoms with E-state index in [1.165, 1.54) is 0 Å². The maximum Gasteiger partial charge on any atom is 0.238 e. The molecule has 0 saturated heterocycles. The standard InChI is InChI=1S/C16H19N3O2/c1-3-16(2,14(17)19-21)15(20)18-13-10-6-8-11-7-4-5-9-12(11)13/h4-10,21H,3H2,1-2H3,(H2,17,19)(H,18,20). The van der Waals surface area contributed by atoms with Crippen molar-refractivity contribution in [3.05, 3.63) is 42.5 Å². The Bertz CT molecular complexity index is 691. The Kier molecular flexibility index (Phi) is 4.12. The summed E-state index contributed by atoms with van der Waals surface area (Å²) < 4.78 is 0. The van der Waals surface area contributed by atoms with E-state index >= 15 is 0 Å². The number of benzene rings is 2. The molecule has 2 rings (SSSR count). The first-order valence-corrected chi connectivity index (χ1v) is 6.80. The summed E-state index contributed by atoms with van der Waals surface area (Å²) in [5.74, 6) is -0.389. The second-order valence-corrected chi connectivity index (χ2v) is 5.15. The number of rotatable bonds is 4. The summed E-state index contributed by atoms with van der Waals surface area (Å²) in [6.45, 7) is 3.48. The van der Waals surface area contributed by atoms with Crippen LogP contribution in [0.15, 0.2) is 47.6 Å². The van der Waals surface area contributed by atoms with Crippen LogP contribution in [0.25, 0.3) is 10.8 Å². The lowest BCUT2D eigenvalue weighted by atomic mass is 9.85. The fourth-order valence-corrected chi connectivity index (χ4v) is 2.16. The normalized spacial score (nSPS) is 14.7. The fraction of sp³-hybridized carbons (Fsp3) is 0.250. The number of hydrogen-bond donors (Lipinski definition) is 3. The number of amides is 1. The summed E-state index contributed by atoms with van der Waals surface area (Å²) in [6, 6.07) is 13.5. The third-order valence-corrected chi connectivity index (χ3v) is 3.92. The zero-order valence-electron chi connectivity index (χ0n) is 12.1. The molecule has 0 radical (unpaired) electrons. The van der Waals surface area contributed by atoms with Gasteiger partial charge in [-0.1, -0.05) is 48.5 Å². The molecule has 21 heavy (non-hydrogen) atoms. The molecule has 0 fully saturated rings. The van der Waals surface area contributed by atoms with Crippen LogP contribution in [0.5, 0.6) is 0 Å². The van der Waals surface area contributed by atoms with Gasteiger partial charge in [0, 0.05) is 11.1 Å². The second kappa shape index (κ2) is 5.83. The fourth-order valence-electron chi connectivity index (χ4n) is 2.16. The van der Waals surface area contributed by atoms with E-state index in [9.17, 15) is 4.79 Å². The molecule has 0 bridgehead atoms. The Hall–Kier alpha value is -2.56. The molecule has 1 atom stereocenters. The van der Waals surface area contributed by atoms with E-state index in [0.29, 0.717) is 12.1 Å². The van der Waals surface area contributed by atoms with Crippen molar-refractivity contribution in [3.8, 4) is 0 Å². The smallest absolute Gasteiger partial charge is 0.238 e. The lowest BCUT2D eigenvalue weighted by molar-refractivity contribution is -0.121. The van der Waals surface area contributed by atoms with Crippen molar-refractivity contribution in [2.75, 3.05) is 5.32 Å². The summed E-state index contributed by atoms with van der Waals surface area (Å²) in [7, 11) is 0. The average molecular weight is 285 g/mol. The molecule has 0 aliphatic heterocycles. The van der Waals surface area contributed by atoms with Gasteiger partial charge in [0.25, 0.3) is 0 Å². The van der Waals surface area contributed by atoms with Crippen molar-refractivity contribution in [2.24, 2.45) is 16.3 Å². The molecule has 0 spiro atoms. The molecule has 1 amide bonds. The van der Waals surface area contributed by atoms with Gasteiger partial charge in [-0.3, -0.25) is 4.79 Å². The third kappa shape index (κ3) is 2.67. The number of hydrogen-bond acceptors (Lipinski definition) is 3. The predicted octanol–water partition coefficient (Wildman–Crippen LogP) is 2.94. The SMILES string of the molecule is CCC(C)(C(=O)Nc1cccc2ccccc12)/C(N)=N/O. The van der Waals surface area contributed by atoms with Gasteiger partial charge in [0.15, 0.2) is 5.84 Å². The van der Waals surface area contributed by atoms with Gasteiger partial charge in [-0.2, -0.15) is 0 Å². The highest BCUT2D eigenvalue weighted by Crippen LogP contribution is 2.27. The molecule has 2 aromatic rings. The van der Waals surface area contributed by atoms with Crippen LogP contribution in [-0.2, 0) is 4.79 Å². The Morgan fingerprint density at radius 1 is 1.29 bits per heavy atom. The molecule has 0 aliphatic rings. The Labute approximate surface area is 123 Å². The van der Waals surface area contributed by atoms with Crippen molar-refractivity contribution in [2.45, 2.75) is 20.3 Å². The third-order valence-electron chi connectivity index (χ3n) is 3.92. The van der Waals surface area contributed by atoms with Gasteiger partial charge in [-0.25, -0.2) is 0 Å². The first-order valence-electron chi connectivity index (χ1n) is 6.80. The van der Waals surface area contributed by atoms with Crippen LogP contribution in [0.1, 0.15) is 20.3 Å². The number of carbonyl (C=O) groups is 1. The number of nitrogens with zero attached hydrogens (tertiary/aromatic N) is 1. The van der Waals surface area contributed by atoms with Crippen molar-refractivity contribution >= 4 is 28.2 Å². The predicted molar refractivity (Wildman–Crippen MR) is 84.4 cm³/mol. The quantitative estimate of drug-likeness (QED) is 0.349. The van der Waals surface area contributed by atoms with Crippen molar-refractivity contribution < 1.29 is 10.0 Å². The van der Waals surface area contributed by atoms with Crippen molar-refractivity contribution in [1.82, 2.24) is 0 Å². The molecule has 4 N–H and O–H groups in total. The molecule has 5 heteroatoms. The van der Waals surface area contributed by atoms with Crippen LogP contribution < -0.4 is 11.1 Å². The van der Waals surface area contributed by atoms with Gasteiger partial charge in [0.1, 0.15) is 5.41 Å². The topological polar surface area (TPSA) is 87.7 Å². The van der Waals surface area contributed by atoms with Gasteiger partial charge in [0.05, 0.1) is 0 Å². The molecule has 0 aliphatic carbocycles. The maximum absolute atomic E-state index is 12.5. The number of nitrogens with one attached hydrogen (secondary N) is 1. The monoisotopic (exact) mass is 285 g/mol. The van der Waals surface area contributed by atoms with E-state index in [4.69, 9.17) is 10.9 Å². The van der Waals surface area contributed by atoms with Crippen LogP contribution in [0, 0.1) is 5.41 Å². The number of fused-ring (bicyclic) bond motifs is 1. The molecule has 1 unspecified atom stereocenters. The molecule has 110 valence electrons. The molecular weight excluding hydrogens is 266 g/mol. The van der Waals surface area contributed by atoms with Gasteiger partial charge < -0.3 is 16.3 Å². The molecule has 0 aromatic heterocycles. The minimum absolute atomic E-state index is 0.0947. The van der Waals surface area contributed by atoms with Gasteiger partial charge >= 0.3 is 0 Å². The van der Waals surface area contributed by atoms with Crippen molar-refractivity contribution in [3.63, 3.8) is 0 Å². The van der Waals surface area contributed by atoms with Crippen LogP contribution in [0.2, 0.25) is 0 Å². The zero-order valence-corrected chi connectivity index (χ0v) is 12.1. The number of nitrogens with two attached hydrogens (primary N) is 1. The van der Waals surface area contributed by atoms with E-state index in [1.807, 2.05) is 49.4 Å². The van der Waals surface area contributed by atoms with Gasteiger partial charge in [-0.05, 0) is 24.8 Å². The van der Waals surface area contributed by atoms with Crippen LogP contribution >= 0.6 is 0 Å². The van der Waals surface area contributed by atoms with E-state index in [2.05, 4.69) is 10.5 Å². The van der Waals surface area contributed by atoms with E-state index in [1.54, 1.807) is 6.92 Å². The Morgan fingerprint density at radius 3 is 2.62 bits per heavy atom. The first kappa shape index (κ1) is 14.8. The highest BCUT2D eigenvalue weighted by atomic mass is 16.4. The van der Waals surface area contributed by atoms with Crippen LogP contribution in [0.3, 0.4) is 0 Å². The van der Waals surface area contributed by atoms with Crippen molar-refractivity contribution in [1.29, 1.82) is 0 Å². The lowest BCUT2D eigenvalue weighted by Crippen LogP contribution is -2.44. The van der Waals surface area contributed by atoms with Gasteiger partial charge in [-0.15, -0.1) is 0 Å². The summed E-state index contributed by atoms with van der Waals surface area (Å²) in [4.78, 5) is 12.5. The van der Waals surface area contributed by atoms with E-state index in [0.717, 1.165) is 10.8 Å². The van der Waals surface area contributed by atoms with Crippen LogP contribution in [-0.4, -0.2) is 17.0 Å².